The van der Waals surface area contributed by atoms with Gasteiger partial charge in [-0.1, -0.05) is 36.4 Å². The smallest absolute Gasteiger partial charge is 0.308 e. The molecule has 1 atom stereocenters. The summed E-state index contributed by atoms with van der Waals surface area (Å²) in [4.78, 5) is 23.2. The van der Waals surface area contributed by atoms with Crippen molar-refractivity contribution in [2.24, 2.45) is 0 Å². The summed E-state index contributed by atoms with van der Waals surface area (Å²) in [6.45, 7) is 2.52. The molecule has 0 aliphatic carbocycles. The van der Waals surface area contributed by atoms with Gasteiger partial charge in [-0.15, -0.1) is 0 Å². The highest BCUT2D eigenvalue weighted by atomic mass is 16.5. The molecule has 1 heterocycles. The molecule has 24 heavy (non-hydrogen) atoms. The lowest BCUT2D eigenvalue weighted by Gasteiger charge is -2.25. The van der Waals surface area contributed by atoms with Crippen molar-refractivity contribution in [3.63, 3.8) is 0 Å². The maximum atomic E-state index is 12.4. The van der Waals surface area contributed by atoms with Crippen LogP contribution in [0.15, 0.2) is 48.5 Å². The summed E-state index contributed by atoms with van der Waals surface area (Å²) in [5, 5.41) is 6.22. The van der Waals surface area contributed by atoms with Gasteiger partial charge in [-0.25, -0.2) is 0 Å². The number of hydrogen-bond donors (Lipinski definition) is 2. The molecule has 0 unspecified atom stereocenters. The molecule has 1 aliphatic heterocycles. The van der Waals surface area contributed by atoms with Gasteiger partial charge in [0.1, 0.15) is 5.75 Å². The van der Waals surface area contributed by atoms with Crippen molar-refractivity contribution in [3.05, 3.63) is 65.2 Å². The molecule has 3 rings (SSSR count). The van der Waals surface area contributed by atoms with Gasteiger partial charge >= 0.3 is 5.97 Å². The molecule has 2 aromatic carbocycles. The number of amides is 1. The van der Waals surface area contributed by atoms with Crippen LogP contribution in [0.25, 0.3) is 0 Å². The van der Waals surface area contributed by atoms with Gasteiger partial charge in [-0.05, 0) is 35.2 Å². The van der Waals surface area contributed by atoms with Gasteiger partial charge in [-0.3, -0.25) is 9.59 Å². The van der Waals surface area contributed by atoms with Crippen molar-refractivity contribution >= 4 is 11.9 Å². The molecule has 0 saturated heterocycles. The van der Waals surface area contributed by atoms with E-state index in [9.17, 15) is 9.59 Å². The number of ether oxygens (including phenoxy) is 1. The van der Waals surface area contributed by atoms with E-state index in [4.69, 9.17) is 4.74 Å². The van der Waals surface area contributed by atoms with E-state index >= 15 is 0 Å². The normalized spacial score (nSPS) is 16.1. The van der Waals surface area contributed by atoms with E-state index in [0.29, 0.717) is 25.3 Å². The molecule has 5 nitrogen and oxygen atoms in total. The Morgan fingerprint density at radius 2 is 1.83 bits per heavy atom. The highest BCUT2D eigenvalue weighted by molar-refractivity contribution is 5.82. The Balaban J connectivity index is 1.53. The minimum atomic E-state index is -0.347. The third kappa shape index (κ3) is 4.00. The van der Waals surface area contributed by atoms with Crippen molar-refractivity contribution in [1.29, 1.82) is 0 Å². The average molecular weight is 324 g/mol. The van der Waals surface area contributed by atoms with Crippen LogP contribution in [-0.4, -0.2) is 17.9 Å². The van der Waals surface area contributed by atoms with Gasteiger partial charge in [0, 0.05) is 20.0 Å². The molecule has 0 saturated carbocycles. The fraction of sp³-hybridized carbons (Fsp3) is 0.263. The number of nitrogens with one attached hydrogen (secondary N) is 2. The first kappa shape index (κ1) is 16.2. The number of hydrogen-bond acceptors (Lipinski definition) is 4. The van der Waals surface area contributed by atoms with Crippen molar-refractivity contribution in [2.75, 3.05) is 0 Å². The second kappa shape index (κ2) is 7.27. The Morgan fingerprint density at radius 3 is 2.54 bits per heavy atom. The lowest BCUT2D eigenvalue weighted by molar-refractivity contribution is -0.131. The summed E-state index contributed by atoms with van der Waals surface area (Å²) in [7, 11) is 0. The van der Waals surface area contributed by atoms with Crippen molar-refractivity contribution in [2.45, 2.75) is 32.5 Å². The fourth-order valence-electron chi connectivity index (χ4n) is 2.79. The van der Waals surface area contributed by atoms with E-state index in [1.807, 2.05) is 24.3 Å². The van der Waals surface area contributed by atoms with Crippen LogP contribution < -0.4 is 15.4 Å². The third-order valence-electron chi connectivity index (χ3n) is 4.05. The van der Waals surface area contributed by atoms with Gasteiger partial charge in [-0.2, -0.15) is 0 Å². The topological polar surface area (TPSA) is 67.4 Å². The predicted molar refractivity (Wildman–Crippen MR) is 90.4 cm³/mol. The average Bonchev–Trinajstić information content (AvgIpc) is 2.60. The maximum absolute atomic E-state index is 12.4. The second-order valence-corrected chi connectivity index (χ2v) is 5.86. The van der Waals surface area contributed by atoms with Gasteiger partial charge < -0.3 is 15.4 Å². The molecule has 2 N–H and O–H groups in total. The standard InChI is InChI=1S/C19H20N2O3/c1-13(22)24-17-8-6-14(7-9-17)11-21-19(23)18-10-15-4-2-3-5-16(15)12-20-18/h2-9,18,20H,10-12H2,1H3,(H,21,23)/t18-/m0/s1. The fourth-order valence-corrected chi connectivity index (χ4v) is 2.79. The largest absolute Gasteiger partial charge is 0.427 e. The zero-order valence-corrected chi connectivity index (χ0v) is 13.5. The van der Waals surface area contributed by atoms with Gasteiger partial charge in [0.15, 0.2) is 0 Å². The van der Waals surface area contributed by atoms with Crippen LogP contribution in [0.2, 0.25) is 0 Å². The van der Waals surface area contributed by atoms with Crippen LogP contribution in [0, 0.1) is 0 Å². The molecule has 1 amide bonds. The molecule has 5 heteroatoms. The minimum absolute atomic E-state index is 0.00596. The number of carbonyl (C=O) groups is 2. The molecule has 1 aliphatic rings. The summed E-state index contributed by atoms with van der Waals surface area (Å²) in [5.74, 6) is 0.149. The van der Waals surface area contributed by atoms with Crippen LogP contribution in [0.1, 0.15) is 23.6 Å². The Kier molecular flexibility index (Phi) is 4.91. The van der Waals surface area contributed by atoms with Crippen LogP contribution >= 0.6 is 0 Å². The number of esters is 1. The summed E-state index contributed by atoms with van der Waals surface area (Å²) in [6, 6.07) is 15.1. The second-order valence-electron chi connectivity index (χ2n) is 5.86. The van der Waals surface area contributed by atoms with Gasteiger partial charge in [0.25, 0.3) is 0 Å². The molecule has 0 aromatic heterocycles. The first-order valence-electron chi connectivity index (χ1n) is 7.97. The molecule has 124 valence electrons. The Hall–Kier alpha value is -2.66. The quantitative estimate of drug-likeness (QED) is 0.666. The van der Waals surface area contributed by atoms with Crippen molar-refractivity contribution in [1.82, 2.24) is 10.6 Å². The summed E-state index contributed by atoms with van der Waals surface area (Å²) >= 11 is 0. The SMILES string of the molecule is CC(=O)Oc1ccc(CNC(=O)[C@@H]2Cc3ccccc3CN2)cc1. The Morgan fingerprint density at radius 1 is 1.12 bits per heavy atom. The van der Waals surface area contributed by atoms with Gasteiger partial charge in [0.2, 0.25) is 5.91 Å². The van der Waals surface area contributed by atoms with E-state index in [1.54, 1.807) is 12.1 Å². The van der Waals surface area contributed by atoms with Crippen LogP contribution in [0.5, 0.6) is 5.75 Å². The number of benzene rings is 2. The van der Waals surface area contributed by atoms with E-state index in [1.165, 1.54) is 18.1 Å². The van der Waals surface area contributed by atoms with Crippen molar-refractivity contribution < 1.29 is 14.3 Å². The third-order valence-corrected chi connectivity index (χ3v) is 4.05. The Bertz CT molecular complexity index is 741. The zero-order chi connectivity index (χ0) is 16.9. The van der Waals surface area contributed by atoms with Gasteiger partial charge in [0.05, 0.1) is 6.04 Å². The highest BCUT2D eigenvalue weighted by Gasteiger charge is 2.23. The first-order chi connectivity index (χ1) is 11.6. The summed E-state index contributed by atoms with van der Waals surface area (Å²) < 4.78 is 4.99. The molecule has 0 spiro atoms. The predicted octanol–water partition coefficient (Wildman–Crippen LogP) is 1.94. The van der Waals surface area contributed by atoms with E-state index in [0.717, 1.165) is 5.56 Å². The highest BCUT2D eigenvalue weighted by Crippen LogP contribution is 2.16. The number of rotatable bonds is 4. The van der Waals surface area contributed by atoms with Crippen molar-refractivity contribution in [3.8, 4) is 5.75 Å². The van der Waals surface area contributed by atoms with E-state index < -0.39 is 0 Å². The van der Waals surface area contributed by atoms with Crippen LogP contribution in [0.3, 0.4) is 0 Å². The summed E-state index contributed by atoms with van der Waals surface area (Å²) in [5.41, 5.74) is 3.43. The molecule has 2 aromatic rings. The minimum Gasteiger partial charge on any atom is -0.427 e. The molecule has 0 radical (unpaired) electrons. The zero-order valence-electron chi connectivity index (χ0n) is 13.5. The lowest BCUT2D eigenvalue weighted by Crippen LogP contribution is -2.47. The van der Waals surface area contributed by atoms with Crippen LogP contribution in [-0.2, 0) is 29.1 Å². The summed E-state index contributed by atoms with van der Waals surface area (Å²) in [6.07, 6.45) is 0.702. The van der Waals surface area contributed by atoms with E-state index in [2.05, 4.69) is 22.8 Å². The molecular formula is C19H20N2O3. The number of carbonyl (C=O) groups excluding carboxylic acids is 2. The lowest BCUT2D eigenvalue weighted by atomic mass is 9.95. The maximum Gasteiger partial charge on any atom is 0.308 e. The number of fused-ring (bicyclic) bond motifs is 1. The molecule has 0 fully saturated rings. The van der Waals surface area contributed by atoms with E-state index in [-0.39, 0.29) is 17.9 Å². The van der Waals surface area contributed by atoms with Crippen LogP contribution in [0.4, 0.5) is 0 Å². The first-order valence-corrected chi connectivity index (χ1v) is 7.97. The Labute approximate surface area is 141 Å². The molecular weight excluding hydrogens is 304 g/mol. The monoisotopic (exact) mass is 324 g/mol. The molecule has 0 bridgehead atoms.